The maximum absolute atomic E-state index is 14.4. The Labute approximate surface area is 195 Å². The third kappa shape index (κ3) is 4.30. The highest BCUT2D eigenvalue weighted by molar-refractivity contribution is 7.90. The van der Waals surface area contributed by atoms with Gasteiger partial charge in [-0.25, -0.2) is 26.4 Å². The molecule has 0 unspecified atom stereocenters. The predicted octanol–water partition coefficient (Wildman–Crippen LogP) is 3.01. The Kier molecular flexibility index (Phi) is 6.09. The van der Waals surface area contributed by atoms with Gasteiger partial charge in [-0.15, -0.1) is 0 Å². The Bertz CT molecular complexity index is 1330. The van der Waals surface area contributed by atoms with E-state index in [2.05, 4.69) is 9.82 Å². The summed E-state index contributed by atoms with van der Waals surface area (Å²) >= 11 is 0. The van der Waals surface area contributed by atoms with E-state index in [-0.39, 0.29) is 30.6 Å². The smallest absolute Gasteiger partial charge is 0.268 e. The van der Waals surface area contributed by atoms with Crippen molar-refractivity contribution in [3.8, 4) is 0 Å². The Morgan fingerprint density at radius 3 is 2.88 bits per heavy atom. The molecule has 8 nitrogen and oxygen atoms in total. The average molecular weight is 491 g/mol. The van der Waals surface area contributed by atoms with Crippen LogP contribution in [0.25, 0.3) is 5.52 Å². The first-order chi connectivity index (χ1) is 16.3. The number of hydrogen-bond acceptors (Lipinski definition) is 6. The van der Waals surface area contributed by atoms with Gasteiger partial charge in [-0.05, 0) is 49.6 Å². The number of nitrogens with zero attached hydrogens (tertiary/aromatic N) is 3. The van der Waals surface area contributed by atoms with Gasteiger partial charge in [-0.1, -0.05) is 6.07 Å². The van der Waals surface area contributed by atoms with E-state index in [1.807, 2.05) is 4.90 Å². The maximum atomic E-state index is 14.4. The van der Waals surface area contributed by atoms with Crippen LogP contribution < -0.4 is 4.72 Å². The monoisotopic (exact) mass is 490 g/mol. The summed E-state index contributed by atoms with van der Waals surface area (Å²) in [6, 6.07) is 8.12. The van der Waals surface area contributed by atoms with Crippen molar-refractivity contribution >= 4 is 21.4 Å². The third-order valence-electron chi connectivity index (χ3n) is 6.54. The van der Waals surface area contributed by atoms with Gasteiger partial charge in [-0.3, -0.25) is 9.69 Å². The van der Waals surface area contributed by atoms with E-state index < -0.39 is 45.1 Å². The molecule has 2 aliphatic rings. The number of likely N-dealkylation sites (tertiary alicyclic amines) is 1. The summed E-state index contributed by atoms with van der Waals surface area (Å²) in [5, 5.41) is 3.21. The van der Waals surface area contributed by atoms with Crippen LogP contribution in [0.1, 0.15) is 47.6 Å². The van der Waals surface area contributed by atoms with Gasteiger partial charge in [0, 0.05) is 37.4 Å². The molecule has 34 heavy (non-hydrogen) atoms. The van der Waals surface area contributed by atoms with Gasteiger partial charge in [-0.2, -0.15) is 5.10 Å². The van der Waals surface area contributed by atoms with E-state index in [9.17, 15) is 22.0 Å². The fourth-order valence-corrected chi connectivity index (χ4v) is 6.23. The molecule has 3 aromatic rings. The fourth-order valence-electron chi connectivity index (χ4n) is 4.87. The number of rotatable bonds is 5. The van der Waals surface area contributed by atoms with E-state index >= 15 is 0 Å². The summed E-state index contributed by atoms with van der Waals surface area (Å²) < 4.78 is 63.9. The van der Waals surface area contributed by atoms with Crippen LogP contribution in [0.5, 0.6) is 0 Å². The minimum atomic E-state index is -4.01. The second-order valence-corrected chi connectivity index (χ2v) is 10.6. The van der Waals surface area contributed by atoms with Gasteiger partial charge in [0.15, 0.2) is 0 Å². The van der Waals surface area contributed by atoms with E-state index in [0.717, 1.165) is 18.6 Å². The molecule has 1 N–H and O–H groups in total. The van der Waals surface area contributed by atoms with Crippen molar-refractivity contribution in [1.82, 2.24) is 19.2 Å². The number of ether oxygens (including phenoxy) is 1. The number of pyridine rings is 1. The zero-order chi connectivity index (χ0) is 23.9. The first-order valence-corrected chi connectivity index (χ1v) is 12.7. The summed E-state index contributed by atoms with van der Waals surface area (Å²) in [6.45, 7) is 0.753. The third-order valence-corrected chi connectivity index (χ3v) is 8.32. The molecule has 2 fully saturated rings. The number of halogens is 2. The highest BCUT2D eigenvalue weighted by Gasteiger charge is 2.40. The van der Waals surface area contributed by atoms with Crippen LogP contribution in [0.2, 0.25) is 0 Å². The van der Waals surface area contributed by atoms with Crippen molar-refractivity contribution in [2.24, 2.45) is 0 Å². The minimum Gasteiger partial charge on any atom is -0.363 e. The highest BCUT2D eigenvalue weighted by atomic mass is 32.2. The molecule has 5 rings (SSSR count). The molecule has 0 bridgehead atoms. The summed E-state index contributed by atoms with van der Waals surface area (Å²) in [4.78, 5) is 14.7. The molecular formula is C23H24F2N4O4S. The molecule has 2 saturated heterocycles. The number of fused-ring (bicyclic) bond motifs is 1. The number of carbonyl (C=O) groups is 1. The lowest BCUT2D eigenvalue weighted by atomic mass is 10.0. The van der Waals surface area contributed by atoms with Crippen LogP contribution in [0.15, 0.2) is 48.8 Å². The zero-order valence-electron chi connectivity index (χ0n) is 18.2. The number of benzene rings is 1. The van der Waals surface area contributed by atoms with E-state index in [1.54, 1.807) is 24.4 Å². The lowest BCUT2D eigenvalue weighted by molar-refractivity contribution is -0.0909. The molecule has 4 heterocycles. The standard InChI is InChI=1S/C23H24F2N4O4S/c24-15-6-7-19(25)17(12-15)20-5-3-9-28(20)22-13-16(8-11-33-22)34(31,32)27-23(30)18-14-26-29-10-2-1-4-21(18)29/h1-2,4,6-7,10,12,14,16,20,22H,3,5,8-9,11,13H2,(H,27,30)/t16-,20-,22-/m1/s1. The predicted molar refractivity (Wildman–Crippen MR) is 119 cm³/mol. The zero-order valence-corrected chi connectivity index (χ0v) is 19.0. The summed E-state index contributed by atoms with van der Waals surface area (Å²) in [5.74, 6) is -1.77. The summed E-state index contributed by atoms with van der Waals surface area (Å²) in [6.07, 6.45) is 4.11. The van der Waals surface area contributed by atoms with Crippen LogP contribution >= 0.6 is 0 Å². The van der Waals surface area contributed by atoms with E-state index in [0.29, 0.717) is 18.5 Å². The minimum absolute atomic E-state index is 0.116. The number of amides is 1. The fraction of sp³-hybridized carbons (Fsp3) is 0.391. The van der Waals surface area contributed by atoms with Crippen LogP contribution in [-0.2, 0) is 14.8 Å². The Balaban J connectivity index is 1.32. The first-order valence-electron chi connectivity index (χ1n) is 11.1. The lowest BCUT2D eigenvalue weighted by Crippen LogP contribution is -2.48. The van der Waals surface area contributed by atoms with Gasteiger partial charge in [0.25, 0.3) is 5.91 Å². The van der Waals surface area contributed by atoms with Crippen LogP contribution in [0.3, 0.4) is 0 Å². The molecule has 0 aliphatic carbocycles. The van der Waals surface area contributed by atoms with Crippen molar-refractivity contribution in [2.75, 3.05) is 13.2 Å². The topological polar surface area (TPSA) is 93.0 Å². The molecule has 180 valence electrons. The number of aromatic nitrogens is 2. The Hall–Kier alpha value is -2.89. The van der Waals surface area contributed by atoms with Crippen molar-refractivity contribution < 1.29 is 26.7 Å². The second kappa shape index (κ2) is 9.05. The molecule has 0 spiro atoms. The van der Waals surface area contributed by atoms with Gasteiger partial charge in [0.2, 0.25) is 10.0 Å². The molecular weight excluding hydrogens is 466 g/mol. The average Bonchev–Trinajstić information content (AvgIpc) is 3.48. The van der Waals surface area contributed by atoms with Gasteiger partial charge < -0.3 is 4.74 Å². The molecule has 1 amide bonds. The van der Waals surface area contributed by atoms with Crippen LogP contribution in [0, 0.1) is 11.6 Å². The van der Waals surface area contributed by atoms with Crippen LogP contribution in [0.4, 0.5) is 8.78 Å². The van der Waals surface area contributed by atoms with Crippen molar-refractivity contribution in [3.05, 3.63) is 71.6 Å². The SMILES string of the molecule is O=C(NS(=O)(=O)[C@@H]1CCO[C@@H](N2CCC[C@@H]2c2cc(F)ccc2F)C1)c1cnn2ccccc12. The largest absolute Gasteiger partial charge is 0.363 e. The normalized spacial score (nSPS) is 23.9. The number of carbonyl (C=O) groups excluding carboxylic acids is 1. The summed E-state index contributed by atoms with van der Waals surface area (Å²) in [7, 11) is -4.01. The van der Waals surface area contributed by atoms with Crippen LogP contribution in [-0.4, -0.2) is 53.5 Å². The number of sulfonamides is 1. The summed E-state index contributed by atoms with van der Waals surface area (Å²) in [5.41, 5.74) is 0.901. The molecule has 2 aliphatic heterocycles. The molecule has 0 radical (unpaired) electrons. The maximum Gasteiger partial charge on any atom is 0.268 e. The number of nitrogens with one attached hydrogen (secondary N) is 1. The molecule has 0 saturated carbocycles. The lowest BCUT2D eigenvalue weighted by Gasteiger charge is -2.38. The van der Waals surface area contributed by atoms with Gasteiger partial charge >= 0.3 is 0 Å². The van der Waals surface area contributed by atoms with Gasteiger partial charge in [0.05, 0.1) is 22.5 Å². The van der Waals surface area contributed by atoms with Crippen molar-refractivity contribution in [3.63, 3.8) is 0 Å². The molecule has 11 heteroatoms. The van der Waals surface area contributed by atoms with E-state index in [1.165, 1.54) is 16.8 Å². The van der Waals surface area contributed by atoms with E-state index in [4.69, 9.17) is 4.74 Å². The first kappa shape index (κ1) is 22.9. The second-order valence-electron chi connectivity index (χ2n) is 8.60. The Morgan fingerprint density at radius 2 is 2.03 bits per heavy atom. The number of hydrogen-bond donors (Lipinski definition) is 1. The molecule has 3 atom stereocenters. The molecule has 2 aromatic heterocycles. The molecule has 1 aromatic carbocycles. The quantitative estimate of drug-likeness (QED) is 0.591. The highest BCUT2D eigenvalue weighted by Crippen LogP contribution is 2.38. The van der Waals surface area contributed by atoms with Crippen molar-refractivity contribution in [2.45, 2.75) is 43.2 Å². The van der Waals surface area contributed by atoms with Gasteiger partial charge in [0.1, 0.15) is 17.9 Å². The Morgan fingerprint density at radius 1 is 1.18 bits per heavy atom. The van der Waals surface area contributed by atoms with Crippen molar-refractivity contribution in [1.29, 1.82) is 0 Å².